The number of fused-ring (bicyclic) bond motifs is 1. The zero-order valence-electron chi connectivity index (χ0n) is 15.8. The number of benzene rings is 1. The van der Waals surface area contributed by atoms with Crippen LogP contribution in [0.25, 0.3) is 15.8 Å². The minimum Gasteiger partial charge on any atom is -0.324 e. The van der Waals surface area contributed by atoms with E-state index in [1.165, 1.54) is 24.5 Å². The molecule has 1 amide bonds. The number of thioether (sulfide) groups is 1. The molecule has 0 radical (unpaired) electrons. The number of nitrogens with zero attached hydrogens (tertiary/aromatic N) is 4. The Labute approximate surface area is 175 Å². The Balaban J connectivity index is 1.88. The summed E-state index contributed by atoms with van der Waals surface area (Å²) in [5, 5.41) is 0.357. The maximum Gasteiger partial charge on any atom is 0.431 e. The summed E-state index contributed by atoms with van der Waals surface area (Å²) < 4.78 is 45.6. The van der Waals surface area contributed by atoms with Crippen molar-refractivity contribution in [3.8, 4) is 5.69 Å². The van der Waals surface area contributed by atoms with Crippen LogP contribution in [0.5, 0.6) is 0 Å². The van der Waals surface area contributed by atoms with Crippen LogP contribution in [0.4, 0.5) is 13.2 Å². The SMILES string of the molecule is CC(=O)N1CCSC1c1nsc2ccc(-n3c(=O)cc(C(F)(F)F)n(C)c3=O)cc12. The van der Waals surface area contributed by atoms with Gasteiger partial charge < -0.3 is 4.90 Å². The molecule has 0 aliphatic carbocycles. The molecule has 1 saturated heterocycles. The van der Waals surface area contributed by atoms with E-state index in [1.54, 1.807) is 28.8 Å². The molecular weight excluding hydrogens is 441 g/mol. The van der Waals surface area contributed by atoms with Gasteiger partial charge in [-0.15, -0.1) is 11.8 Å². The highest BCUT2D eigenvalue weighted by atomic mass is 32.2. The van der Waals surface area contributed by atoms with Crippen LogP contribution in [-0.4, -0.2) is 36.6 Å². The average Bonchev–Trinajstić information content (AvgIpc) is 3.30. The average molecular weight is 456 g/mol. The molecule has 3 aromatic rings. The van der Waals surface area contributed by atoms with Crippen LogP contribution in [0.2, 0.25) is 0 Å². The largest absolute Gasteiger partial charge is 0.431 e. The third-order valence-electron chi connectivity index (χ3n) is 4.88. The van der Waals surface area contributed by atoms with Crippen molar-refractivity contribution in [1.29, 1.82) is 0 Å². The minimum absolute atomic E-state index is 0.0878. The fourth-order valence-corrected chi connectivity index (χ4v) is 5.57. The van der Waals surface area contributed by atoms with Gasteiger partial charge in [-0.3, -0.25) is 14.2 Å². The van der Waals surface area contributed by atoms with Gasteiger partial charge in [-0.2, -0.15) is 17.5 Å². The molecule has 30 heavy (non-hydrogen) atoms. The summed E-state index contributed by atoms with van der Waals surface area (Å²) in [6.45, 7) is 2.06. The molecule has 12 heteroatoms. The second-order valence-electron chi connectivity index (χ2n) is 6.73. The first-order valence-corrected chi connectivity index (χ1v) is 10.6. The fraction of sp³-hybridized carbons (Fsp3) is 0.333. The Morgan fingerprint density at radius 3 is 2.63 bits per heavy atom. The van der Waals surface area contributed by atoms with Gasteiger partial charge in [-0.1, -0.05) is 0 Å². The maximum absolute atomic E-state index is 13.1. The number of hydrogen-bond acceptors (Lipinski definition) is 6. The van der Waals surface area contributed by atoms with E-state index in [1.807, 2.05) is 0 Å². The summed E-state index contributed by atoms with van der Waals surface area (Å²) in [4.78, 5) is 38.6. The molecule has 0 spiro atoms. The lowest BCUT2D eigenvalue weighted by molar-refractivity contribution is -0.144. The Kier molecular flexibility index (Phi) is 5.01. The molecule has 7 nitrogen and oxygen atoms in total. The fourth-order valence-electron chi connectivity index (χ4n) is 3.42. The van der Waals surface area contributed by atoms with E-state index in [0.29, 0.717) is 32.8 Å². The normalized spacial score (nSPS) is 17.1. The summed E-state index contributed by atoms with van der Waals surface area (Å²) in [5.41, 5.74) is -2.71. The summed E-state index contributed by atoms with van der Waals surface area (Å²) >= 11 is 2.77. The molecule has 1 atom stereocenters. The first-order valence-electron chi connectivity index (χ1n) is 8.78. The smallest absolute Gasteiger partial charge is 0.324 e. The van der Waals surface area contributed by atoms with Gasteiger partial charge >= 0.3 is 11.9 Å². The predicted octanol–water partition coefficient (Wildman–Crippen LogP) is 2.76. The summed E-state index contributed by atoms with van der Waals surface area (Å²) in [5.74, 6) is 0.664. The summed E-state index contributed by atoms with van der Waals surface area (Å²) in [7, 11) is 0.969. The highest BCUT2D eigenvalue weighted by Gasteiger charge is 2.35. The highest BCUT2D eigenvalue weighted by Crippen LogP contribution is 2.41. The van der Waals surface area contributed by atoms with Crippen molar-refractivity contribution >= 4 is 39.3 Å². The van der Waals surface area contributed by atoms with E-state index < -0.39 is 23.1 Å². The number of hydrogen-bond donors (Lipinski definition) is 0. The molecule has 0 bridgehead atoms. The van der Waals surface area contributed by atoms with E-state index in [-0.39, 0.29) is 17.0 Å². The van der Waals surface area contributed by atoms with E-state index in [0.717, 1.165) is 17.5 Å². The van der Waals surface area contributed by atoms with Crippen molar-refractivity contribution in [2.24, 2.45) is 7.05 Å². The number of amides is 1. The monoisotopic (exact) mass is 456 g/mol. The number of carbonyl (C=O) groups is 1. The molecule has 4 rings (SSSR count). The topological polar surface area (TPSA) is 77.2 Å². The Bertz CT molecular complexity index is 1280. The second kappa shape index (κ2) is 7.27. The van der Waals surface area contributed by atoms with Gasteiger partial charge in [0, 0.05) is 37.7 Å². The molecule has 1 aromatic carbocycles. The number of aromatic nitrogens is 3. The number of alkyl halides is 3. The van der Waals surface area contributed by atoms with Crippen LogP contribution in [-0.2, 0) is 18.0 Å². The Hall–Kier alpha value is -2.60. The molecule has 0 saturated carbocycles. The number of carbonyl (C=O) groups excluding carboxylic acids is 1. The van der Waals surface area contributed by atoms with Crippen molar-refractivity contribution in [3.63, 3.8) is 0 Å². The molecule has 158 valence electrons. The third-order valence-corrected chi connectivity index (χ3v) is 6.93. The first-order chi connectivity index (χ1) is 14.1. The van der Waals surface area contributed by atoms with Crippen LogP contribution < -0.4 is 11.2 Å². The standard InChI is InChI=1S/C18H15F3N4O3S2/c1-9(26)24-5-6-29-16(24)15-11-7-10(3-4-12(11)30-22-15)25-14(27)8-13(18(19,20)21)23(2)17(25)28/h3-4,7-8,16H,5-6H2,1-2H3. The molecule has 3 heterocycles. The molecule has 0 N–H and O–H groups in total. The van der Waals surface area contributed by atoms with E-state index in [4.69, 9.17) is 0 Å². The van der Waals surface area contributed by atoms with Crippen molar-refractivity contribution in [3.05, 3.63) is 56.5 Å². The molecular formula is C18H15F3N4O3S2. The quantitative estimate of drug-likeness (QED) is 0.593. The molecule has 1 aliphatic rings. The van der Waals surface area contributed by atoms with Gasteiger partial charge in [-0.05, 0) is 29.7 Å². The lowest BCUT2D eigenvalue weighted by Gasteiger charge is -2.21. The van der Waals surface area contributed by atoms with Crippen LogP contribution in [0.3, 0.4) is 0 Å². The van der Waals surface area contributed by atoms with E-state index >= 15 is 0 Å². The minimum atomic E-state index is -4.82. The molecule has 1 aliphatic heterocycles. The lowest BCUT2D eigenvalue weighted by atomic mass is 10.2. The molecule has 1 fully saturated rings. The molecule has 1 unspecified atom stereocenters. The van der Waals surface area contributed by atoms with E-state index in [9.17, 15) is 27.6 Å². The van der Waals surface area contributed by atoms with Gasteiger partial charge in [0.15, 0.2) is 0 Å². The predicted molar refractivity (Wildman–Crippen MR) is 108 cm³/mol. The lowest BCUT2D eigenvalue weighted by Crippen LogP contribution is -2.40. The van der Waals surface area contributed by atoms with Crippen molar-refractivity contribution in [2.45, 2.75) is 18.5 Å². The van der Waals surface area contributed by atoms with Gasteiger partial charge in [0.25, 0.3) is 5.56 Å². The Morgan fingerprint density at radius 2 is 1.97 bits per heavy atom. The zero-order valence-corrected chi connectivity index (χ0v) is 17.4. The van der Waals surface area contributed by atoms with E-state index in [2.05, 4.69) is 4.37 Å². The van der Waals surface area contributed by atoms with Crippen molar-refractivity contribution < 1.29 is 18.0 Å². The van der Waals surface area contributed by atoms with Crippen LogP contribution in [0.1, 0.15) is 23.7 Å². The highest BCUT2D eigenvalue weighted by molar-refractivity contribution is 7.99. The third kappa shape index (κ3) is 3.33. The molecule has 2 aromatic heterocycles. The van der Waals surface area contributed by atoms with Gasteiger partial charge in [0.2, 0.25) is 5.91 Å². The number of rotatable bonds is 2. The van der Waals surface area contributed by atoms with Crippen LogP contribution in [0, 0.1) is 0 Å². The van der Waals surface area contributed by atoms with Crippen LogP contribution in [0.15, 0.2) is 33.9 Å². The summed E-state index contributed by atoms with van der Waals surface area (Å²) in [6, 6.07) is 5.11. The first kappa shape index (κ1) is 20.7. The van der Waals surface area contributed by atoms with Crippen molar-refractivity contribution in [2.75, 3.05) is 12.3 Å². The Morgan fingerprint density at radius 1 is 1.23 bits per heavy atom. The van der Waals surface area contributed by atoms with Gasteiger partial charge in [0.05, 0.1) is 16.1 Å². The van der Waals surface area contributed by atoms with Crippen molar-refractivity contribution in [1.82, 2.24) is 18.4 Å². The van der Waals surface area contributed by atoms with Gasteiger partial charge in [-0.25, -0.2) is 9.36 Å². The second-order valence-corrected chi connectivity index (χ2v) is 8.72. The number of halogens is 3. The van der Waals surface area contributed by atoms with Crippen LogP contribution >= 0.6 is 23.3 Å². The van der Waals surface area contributed by atoms with Gasteiger partial charge in [0.1, 0.15) is 11.1 Å². The zero-order chi connectivity index (χ0) is 21.8. The summed E-state index contributed by atoms with van der Waals surface area (Å²) in [6.07, 6.45) is -4.82. The maximum atomic E-state index is 13.1.